The molecule has 0 saturated heterocycles. The van der Waals surface area contributed by atoms with Gasteiger partial charge in [-0.25, -0.2) is 0 Å². The largest absolute Gasteiger partial charge is 0.469 e. The number of aliphatic imine (C=N–C) groups is 2. The number of ether oxygens (including phenoxy) is 2. The first-order valence-electron chi connectivity index (χ1n) is 18.8. The van der Waals surface area contributed by atoms with Gasteiger partial charge in [-0.05, 0) is 63.1 Å². The van der Waals surface area contributed by atoms with Crippen LogP contribution in [-0.2, 0) is 19.1 Å². The Hall–Kier alpha value is -6.02. The molecule has 0 unspecified atom stereocenters. The van der Waals surface area contributed by atoms with E-state index in [1.165, 1.54) is 36.9 Å². The number of nitrogens with zero attached hydrogens (tertiary/aromatic N) is 8. The number of fused-ring (bicyclic) bond motifs is 6. The maximum atomic E-state index is 14.0. The second kappa shape index (κ2) is 16.8. The molecule has 61 heavy (non-hydrogen) atoms. The monoisotopic (exact) mass is 896 g/mol. The van der Waals surface area contributed by atoms with Gasteiger partial charge in [0.25, 0.3) is 11.8 Å². The van der Waals surface area contributed by atoms with Crippen LogP contribution < -0.4 is 10.5 Å². The Balaban J connectivity index is 1.10. The van der Waals surface area contributed by atoms with E-state index in [0.717, 1.165) is 11.1 Å². The van der Waals surface area contributed by atoms with Gasteiger partial charge in [-0.2, -0.15) is 0 Å². The molecule has 2 amide bonds. The smallest absolute Gasteiger partial charge is 0.356 e. The fourth-order valence-electron chi connectivity index (χ4n) is 7.32. The molecular formula is C40H35BCl2N10O6S2. The number of carbonyl (C=O) groups is 4. The predicted octanol–water partition coefficient (Wildman–Crippen LogP) is 5.85. The van der Waals surface area contributed by atoms with Crippen LogP contribution in [-0.4, -0.2) is 86.5 Å². The summed E-state index contributed by atoms with van der Waals surface area (Å²) in [6.45, 7) is 7.23. The minimum Gasteiger partial charge on any atom is -0.469 e. The summed E-state index contributed by atoms with van der Waals surface area (Å²) in [5.41, 5.74) is 5.14. The van der Waals surface area contributed by atoms with Gasteiger partial charge < -0.3 is 19.9 Å². The maximum absolute atomic E-state index is 14.0. The van der Waals surface area contributed by atoms with Crippen molar-refractivity contribution in [3.8, 4) is 10.0 Å². The van der Waals surface area contributed by atoms with Crippen LogP contribution in [0.5, 0.6) is 0 Å². The van der Waals surface area contributed by atoms with Gasteiger partial charge >= 0.3 is 19.5 Å². The van der Waals surface area contributed by atoms with Crippen molar-refractivity contribution >= 4 is 88.6 Å². The Morgan fingerprint density at radius 2 is 1.02 bits per heavy atom. The summed E-state index contributed by atoms with van der Waals surface area (Å²) in [6.07, 6.45) is -0.158. The Kier molecular flexibility index (Phi) is 11.5. The Bertz CT molecular complexity index is 2640. The van der Waals surface area contributed by atoms with Gasteiger partial charge in [0, 0.05) is 32.3 Å². The summed E-state index contributed by atoms with van der Waals surface area (Å²) in [6, 6.07) is 12.8. The molecule has 2 aromatic carbocycles. The first kappa shape index (κ1) is 41.7. The van der Waals surface area contributed by atoms with Gasteiger partial charge in [0.15, 0.2) is 11.6 Å². The minimum absolute atomic E-state index is 0.0788. The third-order valence-corrected chi connectivity index (χ3v) is 13.4. The first-order chi connectivity index (χ1) is 29.3. The van der Waals surface area contributed by atoms with E-state index < -0.39 is 35.8 Å². The number of benzene rings is 2. The van der Waals surface area contributed by atoms with E-state index in [0.29, 0.717) is 86.8 Å². The number of thiophene rings is 2. The molecule has 4 aromatic heterocycles. The van der Waals surface area contributed by atoms with E-state index in [1.807, 2.05) is 47.2 Å². The normalized spacial score (nSPS) is 15.1. The quantitative estimate of drug-likeness (QED) is 0.124. The molecule has 0 saturated carbocycles. The zero-order chi connectivity index (χ0) is 43.3. The molecule has 0 radical (unpaired) electrons. The maximum Gasteiger partial charge on any atom is 0.356 e. The highest BCUT2D eigenvalue weighted by molar-refractivity contribution is 7.17. The van der Waals surface area contributed by atoms with Crippen LogP contribution in [0.25, 0.3) is 10.0 Å². The number of carbonyl (C=O) groups excluding carboxylic acids is 4. The van der Waals surface area contributed by atoms with Crippen molar-refractivity contribution in [3.05, 3.63) is 125 Å². The fourth-order valence-corrected chi connectivity index (χ4v) is 10.1. The lowest BCUT2D eigenvalue weighted by Gasteiger charge is -2.12. The lowest BCUT2D eigenvalue weighted by Crippen LogP contribution is -2.40. The highest BCUT2D eigenvalue weighted by atomic mass is 35.5. The summed E-state index contributed by atoms with van der Waals surface area (Å²) in [5, 5.41) is 25.5. The molecule has 0 bridgehead atoms. The van der Waals surface area contributed by atoms with Crippen molar-refractivity contribution < 1.29 is 28.7 Å². The second-order valence-electron chi connectivity index (χ2n) is 14.1. The molecule has 6 heterocycles. The number of hydrogen-bond donors (Lipinski definition) is 2. The van der Waals surface area contributed by atoms with Crippen molar-refractivity contribution in [2.24, 2.45) is 9.98 Å². The van der Waals surface area contributed by atoms with Gasteiger partial charge in [0.1, 0.15) is 33.7 Å². The molecule has 0 aliphatic carbocycles. The SMILES string of the molecule is COC(=O)C[C@@H]1N=C(c2ccc(Cl)cc2)c2c(sc(C(=O)NBNC(=O)c3sc4c(c3C)C(c3ccc(Cl)cc3)=N[C@@H](CC(=O)OC)c3nnc(C)n3-4)c2C)-n2c(C)nnc21. The molecular weight excluding hydrogens is 862 g/mol. The lowest BCUT2D eigenvalue weighted by molar-refractivity contribution is -0.142. The van der Waals surface area contributed by atoms with Crippen LogP contribution in [0.4, 0.5) is 0 Å². The second-order valence-corrected chi connectivity index (χ2v) is 17.0. The summed E-state index contributed by atoms with van der Waals surface area (Å²) >= 11 is 15.0. The van der Waals surface area contributed by atoms with E-state index in [2.05, 4.69) is 30.9 Å². The van der Waals surface area contributed by atoms with Crippen LogP contribution in [0.1, 0.15) is 101 Å². The topological polar surface area (TPSA) is 197 Å². The number of aryl methyl sites for hydroxylation is 2. The molecule has 2 aliphatic heterocycles. The lowest BCUT2D eigenvalue weighted by atomic mass is 9.98. The highest BCUT2D eigenvalue weighted by Crippen LogP contribution is 2.42. The summed E-state index contributed by atoms with van der Waals surface area (Å²) in [5.74, 6) is 0.148. The van der Waals surface area contributed by atoms with Crippen molar-refractivity contribution in [2.75, 3.05) is 14.2 Å². The molecule has 310 valence electrons. The molecule has 16 nitrogen and oxygen atoms in total. The summed E-state index contributed by atoms with van der Waals surface area (Å²) in [7, 11) is 2.43. The van der Waals surface area contributed by atoms with Gasteiger partial charge in [-0.1, -0.05) is 47.5 Å². The Labute approximate surface area is 367 Å². The van der Waals surface area contributed by atoms with Gasteiger partial charge in [0.05, 0.1) is 48.2 Å². The number of aromatic nitrogens is 6. The highest BCUT2D eigenvalue weighted by Gasteiger charge is 2.36. The number of hydrogen-bond acceptors (Lipinski definition) is 14. The number of halogens is 2. The summed E-state index contributed by atoms with van der Waals surface area (Å²) in [4.78, 5) is 64.0. The number of methoxy groups -OCH3 is 2. The predicted molar refractivity (Wildman–Crippen MR) is 232 cm³/mol. The third-order valence-electron chi connectivity index (χ3n) is 10.3. The van der Waals surface area contributed by atoms with E-state index in [1.54, 1.807) is 38.1 Å². The Morgan fingerprint density at radius 1 is 0.639 bits per heavy atom. The van der Waals surface area contributed by atoms with E-state index in [-0.39, 0.29) is 20.4 Å². The van der Waals surface area contributed by atoms with Gasteiger partial charge in [-0.3, -0.25) is 38.3 Å². The standard InChI is InChI=1S/C40H35BCl2N10O6S2/c1-17-29-31(21-7-11-23(42)12-8-21)44-25(15-27(54)58-5)35-50-48-19(3)52(35)39(29)60-33(17)37(56)46-41-47-38(57)34-18(2)30-32(22-9-13-24(43)14-10-22)45-26(16-28(55)59-6)36-51-49-20(4)53(36)40(30)61-34/h7-14,25-26,41H,15-16H2,1-6H3,(H,46,56)(H,47,57)/t25-,26-/m0/s1. The minimum atomic E-state index is -0.725. The van der Waals surface area contributed by atoms with Gasteiger partial charge in [-0.15, -0.1) is 43.1 Å². The molecule has 0 spiro atoms. The van der Waals surface area contributed by atoms with E-state index in [4.69, 9.17) is 42.7 Å². The van der Waals surface area contributed by atoms with E-state index in [9.17, 15) is 19.2 Å². The van der Waals surface area contributed by atoms with Gasteiger partial charge in [0.2, 0.25) is 0 Å². The van der Waals surface area contributed by atoms with Crippen LogP contribution in [0.3, 0.4) is 0 Å². The number of amides is 2. The van der Waals surface area contributed by atoms with Crippen molar-refractivity contribution in [3.63, 3.8) is 0 Å². The number of rotatable bonds is 10. The van der Waals surface area contributed by atoms with Crippen LogP contribution in [0.2, 0.25) is 10.0 Å². The molecule has 2 N–H and O–H groups in total. The van der Waals surface area contributed by atoms with Crippen LogP contribution in [0, 0.1) is 27.7 Å². The molecule has 2 atom stereocenters. The molecule has 21 heteroatoms. The fraction of sp³-hybridized carbons (Fsp3) is 0.250. The number of esters is 2. The molecule has 2 aliphatic rings. The van der Waals surface area contributed by atoms with Crippen molar-refractivity contribution in [1.29, 1.82) is 0 Å². The third kappa shape index (κ3) is 7.66. The number of nitrogens with one attached hydrogen (secondary N) is 2. The van der Waals surface area contributed by atoms with Crippen molar-refractivity contribution in [2.45, 2.75) is 52.6 Å². The molecule has 0 fully saturated rings. The zero-order valence-corrected chi connectivity index (χ0v) is 36.6. The van der Waals surface area contributed by atoms with E-state index >= 15 is 0 Å². The average Bonchev–Trinajstić information content (AvgIpc) is 3.96. The van der Waals surface area contributed by atoms with Crippen LogP contribution in [0.15, 0.2) is 58.5 Å². The average molecular weight is 898 g/mol. The van der Waals surface area contributed by atoms with Crippen LogP contribution >= 0.6 is 45.9 Å². The first-order valence-corrected chi connectivity index (χ1v) is 21.2. The van der Waals surface area contributed by atoms with Crippen molar-refractivity contribution in [1.82, 2.24) is 40.0 Å². The molecule has 8 rings (SSSR count). The zero-order valence-electron chi connectivity index (χ0n) is 33.5. The summed E-state index contributed by atoms with van der Waals surface area (Å²) < 4.78 is 13.6. The molecule has 6 aromatic rings. The Morgan fingerprint density at radius 3 is 1.38 bits per heavy atom.